The van der Waals surface area contributed by atoms with Crippen LogP contribution < -0.4 is 5.40 Å². The second-order valence-electron chi connectivity index (χ2n) is 2.35. The van der Waals surface area contributed by atoms with E-state index >= 15 is 0 Å². The van der Waals surface area contributed by atoms with Gasteiger partial charge in [0.15, 0.2) is 0 Å². The molecule has 0 spiro atoms. The van der Waals surface area contributed by atoms with Crippen molar-refractivity contribution in [3.05, 3.63) is 0 Å². The molecular formula is C4H13NO5SSi. The lowest BCUT2D eigenvalue weighted by Crippen LogP contribution is -2.32. The highest BCUT2D eigenvalue weighted by atomic mass is 32.3. The Morgan fingerprint density at radius 1 is 1.33 bits per heavy atom. The molecule has 1 aliphatic heterocycles. The van der Waals surface area contributed by atoms with Gasteiger partial charge in [-0.3, -0.25) is 9.11 Å². The molecule has 0 aliphatic carbocycles. The number of rotatable bonds is 0. The fourth-order valence-electron chi connectivity index (χ4n) is 0.766. The van der Waals surface area contributed by atoms with Crippen molar-refractivity contribution >= 4 is 19.6 Å². The van der Waals surface area contributed by atoms with Crippen LogP contribution >= 0.6 is 0 Å². The number of hydrogen-bond acceptors (Lipinski definition) is 4. The zero-order valence-corrected chi connectivity index (χ0v) is 8.48. The van der Waals surface area contributed by atoms with Crippen molar-refractivity contribution in [2.45, 2.75) is 18.9 Å². The van der Waals surface area contributed by atoms with Gasteiger partial charge in [-0.25, -0.2) is 0 Å². The molecule has 1 aliphatic rings. The molecule has 0 radical (unpaired) electrons. The van der Waals surface area contributed by atoms with Gasteiger partial charge >= 0.3 is 10.4 Å². The van der Waals surface area contributed by atoms with E-state index in [0.29, 0.717) is 0 Å². The zero-order valence-electron chi connectivity index (χ0n) is 6.51. The van der Waals surface area contributed by atoms with Gasteiger partial charge < -0.3 is 9.83 Å². The third-order valence-electron chi connectivity index (χ3n) is 1.21. The predicted molar refractivity (Wildman–Crippen MR) is 45.5 cm³/mol. The van der Waals surface area contributed by atoms with E-state index in [9.17, 15) is 0 Å². The van der Waals surface area contributed by atoms with E-state index in [-0.39, 0.29) is 0 Å². The molecule has 74 valence electrons. The molecule has 6 nitrogen and oxygen atoms in total. The third kappa shape index (κ3) is 12.7. The molecule has 0 aromatic rings. The smallest absolute Gasteiger partial charge is 0.394 e. The van der Waals surface area contributed by atoms with Gasteiger partial charge in [-0.2, -0.15) is 8.42 Å². The van der Waals surface area contributed by atoms with Crippen molar-refractivity contribution in [1.82, 2.24) is 0 Å². The maximum absolute atomic E-state index is 8.74. The van der Waals surface area contributed by atoms with Crippen molar-refractivity contribution < 1.29 is 21.9 Å². The summed E-state index contributed by atoms with van der Waals surface area (Å²) in [6.07, 6.45) is 2.52. The van der Waals surface area contributed by atoms with E-state index in [0.717, 1.165) is 6.61 Å². The Labute approximate surface area is 73.1 Å². The highest BCUT2D eigenvalue weighted by Crippen LogP contribution is 2.05. The second-order valence-corrected chi connectivity index (χ2v) is 5.24. The molecule has 1 fully saturated rings. The molecule has 1 rings (SSSR count). The summed E-state index contributed by atoms with van der Waals surface area (Å²) in [6.45, 7) is 0.924. The van der Waals surface area contributed by atoms with Crippen molar-refractivity contribution in [3.63, 3.8) is 0 Å². The summed E-state index contributed by atoms with van der Waals surface area (Å²) in [5, 5.41) is 5.55. The van der Waals surface area contributed by atoms with Gasteiger partial charge in [-0.05, 0) is 12.5 Å². The molecule has 0 aromatic carbocycles. The predicted octanol–water partition coefficient (Wildman–Crippen LogP) is -0.677. The van der Waals surface area contributed by atoms with Crippen LogP contribution in [0.5, 0.6) is 0 Å². The van der Waals surface area contributed by atoms with Crippen LogP contribution in [0.2, 0.25) is 6.04 Å². The van der Waals surface area contributed by atoms with Gasteiger partial charge in [0.1, 0.15) is 0 Å². The Morgan fingerprint density at radius 3 is 2.00 bits per heavy atom. The molecule has 0 bridgehead atoms. The van der Waals surface area contributed by atoms with Crippen LogP contribution in [0, 0.1) is 0 Å². The van der Waals surface area contributed by atoms with Gasteiger partial charge in [0.25, 0.3) is 0 Å². The number of nitrogens with two attached hydrogens (primary N) is 1. The van der Waals surface area contributed by atoms with Crippen LogP contribution in [0.1, 0.15) is 12.8 Å². The monoisotopic (exact) mass is 215 g/mol. The van der Waals surface area contributed by atoms with Gasteiger partial charge in [0.2, 0.25) is 9.20 Å². The minimum absolute atomic E-state index is 0.924. The molecule has 1 heterocycles. The maximum atomic E-state index is 8.74. The van der Waals surface area contributed by atoms with Crippen LogP contribution in [0.4, 0.5) is 0 Å². The standard InChI is InChI=1S/C4H11NOSi.H2O4S/c5-7-4-2-1-3-6-7;1-5(2,3)4/h7H,1-5H2;(H2,1,2,3,4). The fourth-order valence-corrected chi connectivity index (χ4v) is 2.09. The van der Waals surface area contributed by atoms with Gasteiger partial charge in [-0.15, -0.1) is 0 Å². The van der Waals surface area contributed by atoms with Crippen molar-refractivity contribution in [2.24, 2.45) is 5.40 Å². The quantitative estimate of drug-likeness (QED) is 0.365. The van der Waals surface area contributed by atoms with E-state index in [2.05, 4.69) is 0 Å². The van der Waals surface area contributed by atoms with Crippen LogP contribution in [0.3, 0.4) is 0 Å². The lowest BCUT2D eigenvalue weighted by molar-refractivity contribution is 0.287. The Morgan fingerprint density at radius 2 is 1.83 bits per heavy atom. The van der Waals surface area contributed by atoms with Crippen molar-refractivity contribution in [1.29, 1.82) is 0 Å². The van der Waals surface area contributed by atoms with E-state index in [1.165, 1.54) is 18.9 Å². The topological polar surface area (TPSA) is 110 Å². The second kappa shape index (κ2) is 5.62. The lowest BCUT2D eigenvalue weighted by Gasteiger charge is -2.15. The molecule has 12 heavy (non-hydrogen) atoms. The van der Waals surface area contributed by atoms with Crippen molar-refractivity contribution in [2.75, 3.05) is 6.61 Å². The average Bonchev–Trinajstić information content (AvgIpc) is 1.85. The fraction of sp³-hybridized carbons (Fsp3) is 1.00. The Balaban J connectivity index is 0.000000217. The molecule has 4 N–H and O–H groups in total. The molecular weight excluding hydrogens is 202 g/mol. The average molecular weight is 215 g/mol. The van der Waals surface area contributed by atoms with E-state index in [4.69, 9.17) is 27.3 Å². The largest absolute Gasteiger partial charge is 0.406 e. The van der Waals surface area contributed by atoms with Crippen LogP contribution in [0.15, 0.2) is 0 Å². The normalized spacial score (nSPS) is 24.1. The van der Waals surface area contributed by atoms with E-state index in [1.807, 2.05) is 0 Å². The minimum atomic E-state index is -4.67. The molecule has 0 saturated carbocycles. The Bertz CT molecular complexity index is 191. The van der Waals surface area contributed by atoms with Crippen molar-refractivity contribution in [3.8, 4) is 0 Å². The molecule has 8 heteroatoms. The summed E-state index contributed by atoms with van der Waals surface area (Å²) in [6, 6.07) is 1.18. The molecule has 0 aromatic heterocycles. The zero-order chi connectivity index (χ0) is 9.61. The first-order valence-electron chi connectivity index (χ1n) is 3.46. The van der Waals surface area contributed by atoms with Gasteiger partial charge in [0, 0.05) is 6.61 Å². The first kappa shape index (κ1) is 12.0. The summed E-state index contributed by atoms with van der Waals surface area (Å²) in [5.74, 6) is 0. The van der Waals surface area contributed by atoms with Crippen LogP contribution in [0.25, 0.3) is 0 Å². The number of hydrogen-bond donors (Lipinski definition) is 3. The summed E-state index contributed by atoms with van der Waals surface area (Å²) in [5.41, 5.74) is 0. The molecule has 1 saturated heterocycles. The molecule has 1 unspecified atom stereocenters. The summed E-state index contributed by atoms with van der Waals surface area (Å²) in [4.78, 5) is 0. The molecule has 0 amide bonds. The third-order valence-corrected chi connectivity index (χ3v) is 2.86. The maximum Gasteiger partial charge on any atom is 0.394 e. The van der Waals surface area contributed by atoms with Crippen LogP contribution in [-0.2, 0) is 14.8 Å². The summed E-state index contributed by atoms with van der Waals surface area (Å²) >= 11 is 0. The van der Waals surface area contributed by atoms with E-state index in [1.54, 1.807) is 0 Å². The Kier molecular flexibility index (Phi) is 5.62. The van der Waals surface area contributed by atoms with E-state index < -0.39 is 19.6 Å². The minimum Gasteiger partial charge on any atom is -0.406 e. The highest BCUT2D eigenvalue weighted by molar-refractivity contribution is 7.79. The SMILES string of the molecule is N[SiH]1CCCCO1.O=S(=O)(O)O. The first-order valence-corrected chi connectivity index (χ1v) is 6.82. The summed E-state index contributed by atoms with van der Waals surface area (Å²) in [7, 11) is -5.76. The first-order chi connectivity index (χ1) is 5.39. The Hall–Kier alpha value is 0.00688. The molecule has 1 atom stereocenters. The summed E-state index contributed by atoms with van der Waals surface area (Å²) < 4.78 is 36.8. The lowest BCUT2D eigenvalue weighted by atomic mass is 10.4. The van der Waals surface area contributed by atoms with Gasteiger partial charge in [-0.1, -0.05) is 6.42 Å². The van der Waals surface area contributed by atoms with Gasteiger partial charge in [0.05, 0.1) is 0 Å². The van der Waals surface area contributed by atoms with Crippen LogP contribution in [-0.4, -0.2) is 33.3 Å². The highest BCUT2D eigenvalue weighted by Gasteiger charge is 2.09.